The maximum atomic E-state index is 13.1. The molecule has 0 radical (unpaired) electrons. The molecule has 30 heavy (non-hydrogen) atoms. The third kappa shape index (κ3) is 3.93. The monoisotopic (exact) mass is 414 g/mol. The number of halogens is 2. The summed E-state index contributed by atoms with van der Waals surface area (Å²) < 4.78 is 27.9. The van der Waals surface area contributed by atoms with Gasteiger partial charge < -0.3 is 16.1 Å². The Bertz CT molecular complexity index is 1030. The van der Waals surface area contributed by atoms with Crippen LogP contribution in [0.2, 0.25) is 0 Å². The van der Waals surface area contributed by atoms with Crippen molar-refractivity contribution in [3.8, 4) is 0 Å². The van der Waals surface area contributed by atoms with Gasteiger partial charge in [-0.1, -0.05) is 18.2 Å². The lowest BCUT2D eigenvalue weighted by molar-refractivity contribution is -0.116. The van der Waals surface area contributed by atoms with E-state index in [1.54, 1.807) is 22.9 Å². The van der Waals surface area contributed by atoms with Crippen molar-refractivity contribution in [3.05, 3.63) is 59.3 Å². The van der Waals surface area contributed by atoms with Gasteiger partial charge >= 0.3 is 0 Å². The van der Waals surface area contributed by atoms with Gasteiger partial charge in [-0.15, -0.1) is 0 Å². The molecule has 1 aliphatic carbocycles. The molecule has 0 saturated heterocycles. The van der Waals surface area contributed by atoms with E-state index in [-0.39, 0.29) is 18.7 Å². The molecule has 0 atom stereocenters. The molecule has 2 heterocycles. The number of amides is 1. The number of carbonyl (C=O) groups is 1. The summed E-state index contributed by atoms with van der Waals surface area (Å²) in [6.07, 6.45) is 8.00. The first-order chi connectivity index (χ1) is 14.2. The van der Waals surface area contributed by atoms with E-state index < -0.39 is 12.0 Å². The zero-order chi connectivity index (χ0) is 21.5. The fraction of sp³-hybridized carbons (Fsp3) is 0.333. The summed E-state index contributed by atoms with van der Waals surface area (Å²) >= 11 is 0. The lowest BCUT2D eigenvalue weighted by Crippen LogP contribution is -2.51. The van der Waals surface area contributed by atoms with Gasteiger partial charge in [-0.2, -0.15) is 0 Å². The number of nitrogens with two attached hydrogens (primary N) is 2. The number of aromatic nitrogens is 2. The number of alkyl halides is 2. The summed E-state index contributed by atoms with van der Waals surface area (Å²) in [5.41, 5.74) is 9.00. The Morgan fingerprint density at radius 3 is 2.90 bits per heavy atom. The van der Waals surface area contributed by atoms with Crippen LogP contribution in [0.1, 0.15) is 46.7 Å². The first-order valence-electron chi connectivity index (χ1n) is 9.77. The number of nitrogens with one attached hydrogen (secondary N) is 1. The molecule has 5 N–H and O–H groups in total. The van der Waals surface area contributed by atoms with Crippen molar-refractivity contribution < 1.29 is 13.6 Å². The van der Waals surface area contributed by atoms with Crippen LogP contribution in [0.5, 0.6) is 0 Å². The fourth-order valence-corrected chi connectivity index (χ4v) is 3.61. The maximum absolute atomic E-state index is 13.1. The number of hydrazine groups is 1. The number of anilines is 1. The van der Waals surface area contributed by atoms with Crippen molar-refractivity contribution in [2.24, 2.45) is 11.6 Å². The van der Waals surface area contributed by atoms with E-state index in [2.05, 4.69) is 10.3 Å². The van der Waals surface area contributed by atoms with E-state index >= 15 is 0 Å². The minimum absolute atomic E-state index is 0.278. The third-order valence-electron chi connectivity index (χ3n) is 5.49. The van der Waals surface area contributed by atoms with Crippen molar-refractivity contribution in [1.29, 1.82) is 0 Å². The van der Waals surface area contributed by atoms with E-state index in [0.717, 1.165) is 24.2 Å². The minimum Gasteiger partial charge on any atom is -0.397 e. The molecule has 2 aromatic rings. The van der Waals surface area contributed by atoms with E-state index in [4.69, 9.17) is 11.6 Å². The van der Waals surface area contributed by atoms with Gasteiger partial charge in [0.05, 0.1) is 17.9 Å². The highest BCUT2D eigenvalue weighted by atomic mass is 19.3. The first-order valence-corrected chi connectivity index (χ1v) is 9.77. The second kappa shape index (κ2) is 7.56. The van der Waals surface area contributed by atoms with Crippen LogP contribution < -0.4 is 16.9 Å². The second-order valence-electron chi connectivity index (χ2n) is 7.79. The zero-order valence-electron chi connectivity index (χ0n) is 16.6. The van der Waals surface area contributed by atoms with Crippen LogP contribution in [0.15, 0.2) is 36.7 Å². The van der Waals surface area contributed by atoms with Gasteiger partial charge in [0.2, 0.25) is 0 Å². The third-order valence-corrected chi connectivity index (χ3v) is 5.49. The molecule has 2 aliphatic rings. The number of rotatable bonds is 5. The van der Waals surface area contributed by atoms with Crippen LogP contribution in [-0.4, -0.2) is 32.4 Å². The van der Waals surface area contributed by atoms with Gasteiger partial charge in [-0.25, -0.2) is 19.6 Å². The van der Waals surface area contributed by atoms with E-state index in [9.17, 15) is 13.6 Å². The Hall–Kier alpha value is -3.20. The lowest BCUT2D eigenvalue weighted by atomic mass is 9.88. The molecule has 158 valence electrons. The molecule has 9 heteroatoms. The highest BCUT2D eigenvalue weighted by Crippen LogP contribution is 2.39. The molecule has 7 nitrogen and oxygen atoms in total. The molecule has 1 aliphatic heterocycles. The lowest BCUT2D eigenvalue weighted by Gasteiger charge is -2.39. The predicted octanol–water partition coefficient (Wildman–Crippen LogP) is 3.09. The molecule has 0 unspecified atom stereocenters. The summed E-state index contributed by atoms with van der Waals surface area (Å²) in [4.78, 5) is 17.1. The van der Waals surface area contributed by atoms with E-state index in [0.29, 0.717) is 22.6 Å². The van der Waals surface area contributed by atoms with Crippen LogP contribution in [0.3, 0.4) is 0 Å². The SMILES string of the molecule is Cc1ccc(/C(N)=C/N(N)C2CC(F)(F)C2)cc1NC(=O)c1cnc2n1C=CCC2. The summed E-state index contributed by atoms with van der Waals surface area (Å²) in [7, 11) is 0. The van der Waals surface area contributed by atoms with Crippen molar-refractivity contribution in [1.82, 2.24) is 14.6 Å². The number of benzene rings is 1. The molecule has 1 aromatic carbocycles. The first kappa shape index (κ1) is 20.1. The molecule has 1 amide bonds. The number of nitrogens with zero attached hydrogens (tertiary/aromatic N) is 3. The maximum Gasteiger partial charge on any atom is 0.274 e. The predicted molar refractivity (Wildman–Crippen MR) is 111 cm³/mol. The number of carbonyl (C=O) groups excluding carboxylic acids is 1. The Morgan fingerprint density at radius 2 is 2.17 bits per heavy atom. The standard InChI is InChI=1S/C21H24F2N6O/c1-13-5-6-14(16(24)12-29(25)15-9-21(22,23)10-15)8-17(13)27-20(30)18-11-26-19-4-2-3-7-28(18)19/h3,5-8,11-12,15H,2,4,9-10,24-25H2,1H3,(H,27,30)/b16-12-. The number of allylic oxidation sites excluding steroid dienone is 1. The summed E-state index contributed by atoms with van der Waals surface area (Å²) in [5, 5.41) is 4.14. The largest absolute Gasteiger partial charge is 0.397 e. The van der Waals surface area contributed by atoms with Crippen LogP contribution in [-0.2, 0) is 6.42 Å². The Balaban J connectivity index is 1.51. The molecule has 1 aromatic heterocycles. The van der Waals surface area contributed by atoms with Crippen molar-refractivity contribution in [3.63, 3.8) is 0 Å². The number of aryl methyl sites for hydroxylation is 2. The van der Waals surface area contributed by atoms with Crippen LogP contribution >= 0.6 is 0 Å². The van der Waals surface area contributed by atoms with Gasteiger partial charge in [0.15, 0.2) is 0 Å². The highest BCUT2D eigenvalue weighted by molar-refractivity contribution is 6.04. The van der Waals surface area contributed by atoms with Gasteiger partial charge in [0, 0.05) is 42.9 Å². The molecule has 0 bridgehead atoms. The van der Waals surface area contributed by atoms with E-state index in [1.165, 1.54) is 11.2 Å². The number of imidazole rings is 1. The van der Waals surface area contributed by atoms with Gasteiger partial charge in [-0.05, 0) is 25.0 Å². The smallest absolute Gasteiger partial charge is 0.274 e. The summed E-state index contributed by atoms with van der Waals surface area (Å²) in [5.74, 6) is 3.79. The van der Waals surface area contributed by atoms with Crippen molar-refractivity contribution >= 4 is 23.5 Å². The van der Waals surface area contributed by atoms with Gasteiger partial charge in [-0.3, -0.25) is 9.36 Å². The minimum atomic E-state index is -2.66. The zero-order valence-corrected chi connectivity index (χ0v) is 16.6. The average molecular weight is 414 g/mol. The molecular formula is C21H24F2N6O. The molecule has 4 rings (SSSR count). The molecule has 0 spiro atoms. The summed E-state index contributed by atoms with van der Waals surface area (Å²) in [6, 6.07) is 4.93. The van der Waals surface area contributed by atoms with Gasteiger partial charge in [0.1, 0.15) is 11.5 Å². The van der Waals surface area contributed by atoms with Crippen LogP contribution in [0.4, 0.5) is 14.5 Å². The second-order valence-corrected chi connectivity index (χ2v) is 7.79. The molecular weight excluding hydrogens is 390 g/mol. The quantitative estimate of drug-likeness (QED) is 0.515. The Labute approximate surface area is 173 Å². The number of fused-ring (bicyclic) bond motifs is 1. The normalized spacial score (nSPS) is 17.9. The van der Waals surface area contributed by atoms with E-state index in [1.807, 2.05) is 25.3 Å². The number of hydrogen-bond acceptors (Lipinski definition) is 5. The fourth-order valence-electron chi connectivity index (χ4n) is 3.61. The van der Waals surface area contributed by atoms with Crippen molar-refractivity contribution in [2.75, 3.05) is 5.32 Å². The molecule has 1 fully saturated rings. The average Bonchev–Trinajstić information content (AvgIpc) is 3.11. The van der Waals surface area contributed by atoms with Crippen LogP contribution in [0.25, 0.3) is 11.9 Å². The van der Waals surface area contributed by atoms with Crippen LogP contribution in [0, 0.1) is 6.92 Å². The topological polar surface area (TPSA) is 102 Å². The summed E-state index contributed by atoms with van der Waals surface area (Å²) in [6.45, 7) is 1.87. The van der Waals surface area contributed by atoms with Gasteiger partial charge in [0.25, 0.3) is 11.8 Å². The van der Waals surface area contributed by atoms with Crippen molar-refractivity contribution in [2.45, 2.75) is 44.6 Å². The number of hydrogen-bond donors (Lipinski definition) is 3. The Kier molecular flexibility index (Phi) is 5.07. The molecule has 1 saturated carbocycles. The Morgan fingerprint density at radius 1 is 1.40 bits per heavy atom. The highest BCUT2D eigenvalue weighted by Gasteiger charge is 2.47.